The molecular formula is C15H24O2. The maximum absolute atomic E-state index is 8.86. The Bertz CT molecular complexity index is 367. The van der Waals surface area contributed by atoms with E-state index < -0.39 is 0 Å². The van der Waals surface area contributed by atoms with Crippen LogP contribution in [0.1, 0.15) is 47.0 Å². The van der Waals surface area contributed by atoms with Crippen LogP contribution in [0.3, 0.4) is 0 Å². The normalized spacial score (nSPS) is 40.4. The second kappa shape index (κ2) is 3.96. The first kappa shape index (κ1) is 12.8. The van der Waals surface area contributed by atoms with Gasteiger partial charge in [0.15, 0.2) is 0 Å². The molecule has 1 aliphatic carbocycles. The highest BCUT2D eigenvalue weighted by atomic mass is 16.6. The van der Waals surface area contributed by atoms with Crippen LogP contribution in [0.5, 0.6) is 0 Å². The fourth-order valence-corrected chi connectivity index (χ4v) is 3.37. The molecule has 0 aromatic heterocycles. The number of ether oxygens (including phenoxy) is 1. The lowest BCUT2D eigenvalue weighted by atomic mass is 9.64. The monoisotopic (exact) mass is 236 g/mol. The van der Waals surface area contributed by atoms with E-state index in [1.54, 1.807) is 0 Å². The molecule has 0 spiro atoms. The summed E-state index contributed by atoms with van der Waals surface area (Å²) in [6.07, 6.45) is 9.76. The van der Waals surface area contributed by atoms with E-state index >= 15 is 0 Å². The molecule has 1 aliphatic heterocycles. The van der Waals surface area contributed by atoms with Gasteiger partial charge in [-0.25, -0.2) is 0 Å². The standard InChI is InChI=1S/C15H24O2/c1-12(7-11-16)6-10-15-13(2,3)8-5-9-14(15,4)17-15/h6-7,10,16H,5,8-9,11H2,1-4H3/b10-6+,12-7+. The zero-order chi connectivity index (χ0) is 12.7. The molecular weight excluding hydrogens is 212 g/mol. The highest BCUT2D eigenvalue weighted by Gasteiger charge is 2.72. The lowest BCUT2D eigenvalue weighted by molar-refractivity contribution is 0.165. The summed E-state index contributed by atoms with van der Waals surface area (Å²) >= 11 is 0. The van der Waals surface area contributed by atoms with Crippen LogP contribution in [-0.4, -0.2) is 22.9 Å². The number of hydrogen-bond acceptors (Lipinski definition) is 2. The van der Waals surface area contributed by atoms with Gasteiger partial charge in [-0.05, 0) is 39.2 Å². The van der Waals surface area contributed by atoms with Gasteiger partial charge in [-0.1, -0.05) is 31.6 Å². The predicted octanol–water partition coefficient (Wildman–Crippen LogP) is 3.22. The molecule has 1 saturated heterocycles. The summed E-state index contributed by atoms with van der Waals surface area (Å²) in [7, 11) is 0. The number of rotatable bonds is 3. The number of hydrogen-bond donors (Lipinski definition) is 1. The first-order valence-electron chi connectivity index (χ1n) is 6.54. The molecule has 2 atom stereocenters. The minimum absolute atomic E-state index is 0.0325. The van der Waals surface area contributed by atoms with Crippen molar-refractivity contribution in [1.82, 2.24) is 0 Å². The highest BCUT2D eigenvalue weighted by molar-refractivity contribution is 5.34. The summed E-state index contributed by atoms with van der Waals surface area (Å²) in [5.74, 6) is 0. The Morgan fingerprint density at radius 1 is 1.29 bits per heavy atom. The van der Waals surface area contributed by atoms with Crippen LogP contribution < -0.4 is 0 Å². The number of aliphatic hydroxyl groups is 1. The summed E-state index contributed by atoms with van der Waals surface area (Å²) in [6, 6.07) is 0. The third-order valence-corrected chi connectivity index (χ3v) is 4.59. The summed E-state index contributed by atoms with van der Waals surface area (Å²) in [6.45, 7) is 8.94. The molecule has 17 heavy (non-hydrogen) atoms. The summed E-state index contributed by atoms with van der Waals surface area (Å²) in [4.78, 5) is 0. The van der Waals surface area contributed by atoms with E-state index in [1.807, 2.05) is 13.0 Å². The molecule has 1 N–H and O–H groups in total. The zero-order valence-corrected chi connectivity index (χ0v) is 11.4. The molecule has 0 amide bonds. The molecule has 2 nitrogen and oxygen atoms in total. The fraction of sp³-hybridized carbons (Fsp3) is 0.733. The van der Waals surface area contributed by atoms with Crippen LogP contribution in [0.25, 0.3) is 0 Å². The Balaban J connectivity index is 2.22. The van der Waals surface area contributed by atoms with Crippen molar-refractivity contribution in [2.45, 2.75) is 58.2 Å². The molecule has 0 aromatic rings. The van der Waals surface area contributed by atoms with Gasteiger partial charge in [0, 0.05) is 5.41 Å². The lowest BCUT2D eigenvalue weighted by Crippen LogP contribution is -2.41. The van der Waals surface area contributed by atoms with Gasteiger partial charge < -0.3 is 9.84 Å². The van der Waals surface area contributed by atoms with Crippen molar-refractivity contribution >= 4 is 0 Å². The van der Waals surface area contributed by atoms with Gasteiger partial charge in [0.1, 0.15) is 5.60 Å². The molecule has 2 heteroatoms. The third kappa shape index (κ3) is 1.88. The fourth-order valence-electron chi connectivity index (χ4n) is 3.37. The number of allylic oxidation sites excluding steroid dienone is 2. The molecule has 0 aromatic carbocycles. The van der Waals surface area contributed by atoms with E-state index in [1.165, 1.54) is 12.8 Å². The summed E-state index contributed by atoms with van der Waals surface area (Å²) < 4.78 is 6.12. The van der Waals surface area contributed by atoms with Crippen molar-refractivity contribution in [2.75, 3.05) is 6.61 Å². The van der Waals surface area contributed by atoms with Crippen molar-refractivity contribution in [2.24, 2.45) is 5.41 Å². The van der Waals surface area contributed by atoms with Crippen molar-refractivity contribution in [1.29, 1.82) is 0 Å². The van der Waals surface area contributed by atoms with Crippen molar-refractivity contribution < 1.29 is 9.84 Å². The first-order valence-corrected chi connectivity index (χ1v) is 6.54. The lowest BCUT2D eigenvalue weighted by Gasteiger charge is -2.36. The Morgan fingerprint density at radius 3 is 2.59 bits per heavy atom. The molecule has 2 aliphatic rings. The average Bonchev–Trinajstić information content (AvgIpc) is 2.84. The van der Waals surface area contributed by atoms with Crippen LogP contribution in [0, 0.1) is 5.41 Å². The predicted molar refractivity (Wildman–Crippen MR) is 69.8 cm³/mol. The molecule has 2 fully saturated rings. The largest absolute Gasteiger partial charge is 0.392 e. The van der Waals surface area contributed by atoms with Crippen LogP contribution in [0.4, 0.5) is 0 Å². The van der Waals surface area contributed by atoms with Crippen LogP contribution >= 0.6 is 0 Å². The Hall–Kier alpha value is -0.600. The van der Waals surface area contributed by atoms with Crippen molar-refractivity contribution in [3.63, 3.8) is 0 Å². The van der Waals surface area contributed by atoms with Crippen molar-refractivity contribution in [3.05, 3.63) is 23.8 Å². The van der Waals surface area contributed by atoms with Crippen LogP contribution in [0.15, 0.2) is 23.8 Å². The van der Waals surface area contributed by atoms with Crippen LogP contribution in [-0.2, 0) is 4.74 Å². The topological polar surface area (TPSA) is 32.8 Å². The zero-order valence-electron chi connectivity index (χ0n) is 11.4. The third-order valence-electron chi connectivity index (χ3n) is 4.59. The van der Waals surface area contributed by atoms with Gasteiger partial charge in [-0.3, -0.25) is 0 Å². The van der Waals surface area contributed by atoms with Gasteiger partial charge in [0.25, 0.3) is 0 Å². The first-order chi connectivity index (χ1) is 7.87. The summed E-state index contributed by atoms with van der Waals surface area (Å²) in [5.41, 5.74) is 1.24. The molecule has 1 saturated carbocycles. The Labute approximate surface area is 104 Å². The van der Waals surface area contributed by atoms with Crippen LogP contribution in [0.2, 0.25) is 0 Å². The number of epoxide rings is 1. The molecule has 0 bridgehead atoms. The minimum Gasteiger partial charge on any atom is -0.392 e. The van der Waals surface area contributed by atoms with E-state index in [9.17, 15) is 0 Å². The van der Waals surface area contributed by atoms with Gasteiger partial charge >= 0.3 is 0 Å². The molecule has 0 radical (unpaired) electrons. The number of aliphatic hydroxyl groups excluding tert-OH is 1. The Kier molecular flexibility index (Phi) is 2.99. The maximum Gasteiger partial charge on any atom is 0.121 e. The molecule has 2 rings (SSSR count). The Morgan fingerprint density at radius 2 is 2.00 bits per heavy atom. The van der Waals surface area contributed by atoms with Gasteiger partial charge in [0.2, 0.25) is 0 Å². The van der Waals surface area contributed by atoms with Crippen molar-refractivity contribution in [3.8, 4) is 0 Å². The average molecular weight is 236 g/mol. The maximum atomic E-state index is 8.86. The minimum atomic E-state index is -0.0944. The second-order valence-corrected chi connectivity index (χ2v) is 6.27. The van der Waals surface area contributed by atoms with E-state index in [-0.39, 0.29) is 23.2 Å². The van der Waals surface area contributed by atoms with Gasteiger partial charge in [-0.15, -0.1) is 0 Å². The molecule has 2 unspecified atom stereocenters. The highest BCUT2D eigenvalue weighted by Crippen LogP contribution is 2.66. The van der Waals surface area contributed by atoms with E-state index in [2.05, 4.69) is 32.9 Å². The summed E-state index contributed by atoms with van der Waals surface area (Å²) in [5, 5.41) is 8.86. The smallest absolute Gasteiger partial charge is 0.121 e. The van der Waals surface area contributed by atoms with E-state index in [0.717, 1.165) is 12.0 Å². The van der Waals surface area contributed by atoms with Gasteiger partial charge in [-0.2, -0.15) is 0 Å². The van der Waals surface area contributed by atoms with E-state index in [4.69, 9.17) is 9.84 Å². The molecule has 96 valence electrons. The SMILES string of the molecule is CC(/C=C/C12OC1(C)CCCC2(C)C)=C\CO. The quantitative estimate of drug-likeness (QED) is 0.603. The number of fused-ring (bicyclic) bond motifs is 1. The van der Waals surface area contributed by atoms with Gasteiger partial charge in [0.05, 0.1) is 12.2 Å². The molecule has 1 heterocycles. The van der Waals surface area contributed by atoms with E-state index in [0.29, 0.717) is 0 Å². The second-order valence-electron chi connectivity index (χ2n) is 6.27.